The Bertz CT molecular complexity index is 1140. The zero-order valence-electron chi connectivity index (χ0n) is 18.5. The van der Waals surface area contributed by atoms with E-state index in [-0.39, 0.29) is 19.1 Å². The van der Waals surface area contributed by atoms with Gasteiger partial charge in [0.2, 0.25) is 5.82 Å². The van der Waals surface area contributed by atoms with Gasteiger partial charge in [-0.25, -0.2) is 9.88 Å². The highest BCUT2D eigenvalue weighted by Crippen LogP contribution is 2.41. The molecular weight excluding hydrogens is 456 g/mol. The summed E-state index contributed by atoms with van der Waals surface area (Å²) in [5.41, 5.74) is -1.06. The van der Waals surface area contributed by atoms with E-state index in [2.05, 4.69) is 5.09 Å². The van der Waals surface area contributed by atoms with Gasteiger partial charge in [0.05, 0.1) is 18.9 Å². The molecule has 2 N–H and O–H groups in total. The fourth-order valence-electron chi connectivity index (χ4n) is 3.43. The number of benzene rings is 1. The monoisotopic (exact) mass is 483 g/mol. The Labute approximate surface area is 189 Å². The molecular formula is C21H27FN3O7P. The molecule has 3 rings (SSSR count). The van der Waals surface area contributed by atoms with Gasteiger partial charge in [0.1, 0.15) is 18.9 Å². The van der Waals surface area contributed by atoms with Crippen LogP contribution in [0.4, 0.5) is 4.39 Å². The van der Waals surface area contributed by atoms with Crippen molar-refractivity contribution in [3.63, 3.8) is 0 Å². The molecule has 12 heteroatoms. The lowest BCUT2D eigenvalue weighted by molar-refractivity contribution is -0.146. The third-order valence-corrected chi connectivity index (χ3v) is 6.76. The Morgan fingerprint density at radius 2 is 2.06 bits per heavy atom. The van der Waals surface area contributed by atoms with Crippen molar-refractivity contribution >= 4 is 13.5 Å². The summed E-state index contributed by atoms with van der Waals surface area (Å²) < 4.78 is 43.9. The molecule has 1 aromatic heterocycles. The van der Waals surface area contributed by atoms with Crippen molar-refractivity contribution in [3.8, 4) is 0 Å². The third kappa shape index (κ3) is 6.70. The first-order valence-corrected chi connectivity index (χ1v) is 12.5. The van der Waals surface area contributed by atoms with Crippen LogP contribution in [0.2, 0.25) is 0 Å². The van der Waals surface area contributed by atoms with Crippen molar-refractivity contribution < 1.29 is 27.7 Å². The van der Waals surface area contributed by atoms with E-state index < -0.39 is 48.9 Å². The Balaban J connectivity index is 1.51. The molecule has 1 aromatic carbocycles. The number of hydrogen-bond donors (Lipinski definition) is 2. The zero-order chi connectivity index (χ0) is 24.2. The third-order valence-electron chi connectivity index (χ3n) is 5.27. The van der Waals surface area contributed by atoms with Crippen molar-refractivity contribution in [2.45, 2.75) is 45.2 Å². The minimum atomic E-state index is -3.40. The zero-order valence-corrected chi connectivity index (χ0v) is 19.4. The number of carbonyl (C=O) groups is 1. The van der Waals surface area contributed by atoms with E-state index in [1.165, 1.54) is 13.6 Å². The first-order chi connectivity index (χ1) is 15.6. The van der Waals surface area contributed by atoms with Crippen LogP contribution in [0.25, 0.3) is 0 Å². The number of halogens is 1. The number of esters is 1. The van der Waals surface area contributed by atoms with E-state index in [9.17, 15) is 23.3 Å². The topological polar surface area (TPSA) is 129 Å². The predicted molar refractivity (Wildman–Crippen MR) is 117 cm³/mol. The first kappa shape index (κ1) is 25.0. The smallest absolute Gasteiger partial charge is 0.330 e. The maximum atomic E-state index is 13.6. The molecule has 0 spiro atoms. The predicted octanol–water partition coefficient (Wildman–Crippen LogP) is 2.16. The van der Waals surface area contributed by atoms with E-state index in [1.54, 1.807) is 0 Å². The second kappa shape index (κ2) is 10.6. The number of H-pyrrole nitrogens is 1. The molecule has 5 atom stereocenters. The van der Waals surface area contributed by atoms with Crippen molar-refractivity contribution in [2.75, 3.05) is 13.3 Å². The molecule has 33 heavy (non-hydrogen) atoms. The number of carbonyl (C=O) groups excluding carboxylic acids is 1. The number of aromatic amines is 1. The average Bonchev–Trinajstić information content (AvgIpc) is 3.14. The fourth-order valence-corrected chi connectivity index (χ4v) is 4.74. The normalized spacial score (nSPS) is 23.1. The lowest BCUT2D eigenvalue weighted by atomic mass is 10.0. The Hall–Kier alpha value is -2.59. The Kier molecular flexibility index (Phi) is 8.01. The summed E-state index contributed by atoms with van der Waals surface area (Å²) in [4.78, 5) is 37.3. The van der Waals surface area contributed by atoms with Crippen molar-refractivity contribution in [3.05, 3.63) is 68.7 Å². The summed E-state index contributed by atoms with van der Waals surface area (Å²) in [6.45, 7) is 4.73. The first-order valence-electron chi connectivity index (χ1n) is 10.4. The van der Waals surface area contributed by atoms with Gasteiger partial charge in [0, 0.05) is 6.66 Å². The van der Waals surface area contributed by atoms with Gasteiger partial charge < -0.3 is 14.0 Å². The molecule has 180 valence electrons. The summed E-state index contributed by atoms with van der Waals surface area (Å²) in [6, 6.07) is 8.30. The van der Waals surface area contributed by atoms with E-state index in [0.717, 1.165) is 16.3 Å². The van der Waals surface area contributed by atoms with Crippen molar-refractivity contribution in [2.24, 2.45) is 5.92 Å². The van der Waals surface area contributed by atoms with Gasteiger partial charge in [-0.3, -0.25) is 23.7 Å². The average molecular weight is 483 g/mol. The van der Waals surface area contributed by atoms with Crippen LogP contribution in [-0.2, 0) is 30.0 Å². The molecule has 0 bridgehead atoms. The fraction of sp³-hybridized carbons (Fsp3) is 0.476. The van der Waals surface area contributed by atoms with Gasteiger partial charge in [0.25, 0.3) is 13.1 Å². The number of nitrogens with one attached hydrogen (secondary N) is 2. The molecule has 0 radical (unpaired) electrons. The van der Waals surface area contributed by atoms with Gasteiger partial charge >= 0.3 is 11.7 Å². The minimum absolute atomic E-state index is 0.0786. The molecule has 1 fully saturated rings. The van der Waals surface area contributed by atoms with Crippen LogP contribution in [0.1, 0.15) is 32.1 Å². The Morgan fingerprint density at radius 1 is 1.36 bits per heavy atom. The van der Waals surface area contributed by atoms with Crippen LogP contribution < -0.4 is 16.3 Å². The van der Waals surface area contributed by atoms with Gasteiger partial charge in [0.15, 0.2) is 0 Å². The second-order valence-corrected chi connectivity index (χ2v) is 10.3. The van der Waals surface area contributed by atoms with Gasteiger partial charge in [-0.15, -0.1) is 0 Å². The van der Waals surface area contributed by atoms with Crippen LogP contribution in [0.3, 0.4) is 0 Å². The molecule has 10 nitrogen and oxygen atoms in total. The SMILES string of the molecule is C[C@H](N[P@](C)(=O)OC[C@H]1O[C@@H](n2cc(F)c(=O)[nH]c2=O)C[C@@H]1C)C(=O)OCc1ccccc1. The highest BCUT2D eigenvalue weighted by molar-refractivity contribution is 7.56. The maximum absolute atomic E-state index is 13.6. The molecule has 0 aliphatic carbocycles. The maximum Gasteiger partial charge on any atom is 0.330 e. The van der Waals surface area contributed by atoms with Crippen molar-refractivity contribution in [1.82, 2.24) is 14.6 Å². The van der Waals surface area contributed by atoms with Crippen LogP contribution in [0.5, 0.6) is 0 Å². The quantitative estimate of drug-likeness (QED) is 0.410. The number of hydrogen-bond acceptors (Lipinski definition) is 7. The summed E-state index contributed by atoms with van der Waals surface area (Å²) >= 11 is 0. The molecule has 0 amide bonds. The lowest BCUT2D eigenvalue weighted by Gasteiger charge is -2.22. The Morgan fingerprint density at radius 3 is 2.76 bits per heavy atom. The number of rotatable bonds is 9. The summed E-state index contributed by atoms with van der Waals surface area (Å²) in [5.74, 6) is -1.78. The van der Waals surface area contributed by atoms with E-state index >= 15 is 0 Å². The van der Waals surface area contributed by atoms with Gasteiger partial charge in [-0.1, -0.05) is 37.3 Å². The number of nitrogens with zero attached hydrogens (tertiary/aromatic N) is 1. The number of ether oxygens (including phenoxy) is 2. The van der Waals surface area contributed by atoms with Crippen LogP contribution in [-0.4, -0.2) is 40.9 Å². The number of aromatic nitrogens is 2. The molecule has 0 unspecified atom stereocenters. The van der Waals surface area contributed by atoms with E-state index in [0.29, 0.717) is 6.42 Å². The molecule has 2 heterocycles. The summed E-state index contributed by atoms with van der Waals surface area (Å²) in [6.07, 6.45) is -0.171. The lowest BCUT2D eigenvalue weighted by Crippen LogP contribution is -2.35. The van der Waals surface area contributed by atoms with Crippen molar-refractivity contribution in [1.29, 1.82) is 0 Å². The van der Waals surface area contributed by atoms with Crippen LogP contribution in [0, 0.1) is 11.7 Å². The minimum Gasteiger partial charge on any atom is -0.460 e. The molecule has 1 aliphatic rings. The molecule has 1 aliphatic heterocycles. The van der Waals surface area contributed by atoms with Crippen LogP contribution in [0.15, 0.2) is 46.1 Å². The van der Waals surface area contributed by atoms with E-state index in [4.69, 9.17) is 14.0 Å². The highest BCUT2D eigenvalue weighted by Gasteiger charge is 2.36. The standard InChI is InChI=1S/C21H27FN3O7P/c1-13-9-18(25-10-16(22)19(26)23-21(25)28)32-17(13)12-31-33(3,29)24-14(2)20(27)30-11-15-7-5-4-6-8-15/h4-8,10,13-14,17-18H,9,11-12H2,1-3H3,(H,24,29)(H,23,26,28)/t13-,14-,17+,18+,33+/m0/s1. The molecule has 1 saturated heterocycles. The van der Waals surface area contributed by atoms with Gasteiger partial charge in [-0.05, 0) is 24.8 Å². The molecule has 0 saturated carbocycles. The second-order valence-electron chi connectivity index (χ2n) is 8.07. The molecule has 2 aromatic rings. The van der Waals surface area contributed by atoms with Crippen LogP contribution >= 0.6 is 7.52 Å². The van der Waals surface area contributed by atoms with Gasteiger partial charge in [-0.2, -0.15) is 4.39 Å². The summed E-state index contributed by atoms with van der Waals surface area (Å²) in [7, 11) is -3.40. The largest absolute Gasteiger partial charge is 0.460 e. The summed E-state index contributed by atoms with van der Waals surface area (Å²) in [5, 5.41) is 2.66. The highest BCUT2D eigenvalue weighted by atomic mass is 31.2. The van der Waals surface area contributed by atoms with E-state index in [1.807, 2.05) is 42.2 Å².